The van der Waals surface area contributed by atoms with E-state index in [1.807, 2.05) is 0 Å². The van der Waals surface area contributed by atoms with Crippen molar-refractivity contribution >= 4 is 22.6 Å². The molecule has 1 unspecified atom stereocenters. The van der Waals surface area contributed by atoms with Crippen LogP contribution in [0.1, 0.15) is 6.42 Å². The molecule has 374 valence electrons. The van der Waals surface area contributed by atoms with Crippen molar-refractivity contribution in [1.29, 1.82) is 0 Å². The Kier molecular flexibility index (Phi) is 14.2. The van der Waals surface area contributed by atoms with Gasteiger partial charge in [0, 0.05) is 6.42 Å². The molecule has 0 aromatic heterocycles. The highest BCUT2D eigenvalue weighted by atomic mass is 127. The summed E-state index contributed by atoms with van der Waals surface area (Å²) in [4.78, 5) is 0. The summed E-state index contributed by atoms with van der Waals surface area (Å²) >= 11 is -1.42. The van der Waals surface area contributed by atoms with Gasteiger partial charge in [0.1, 0.15) is 0 Å². The lowest BCUT2D eigenvalue weighted by Crippen LogP contribution is -2.77. The van der Waals surface area contributed by atoms with E-state index in [1.54, 1.807) is 0 Å². The average Bonchev–Trinajstić information content (AvgIpc) is 3.01. The van der Waals surface area contributed by atoms with Gasteiger partial charge in [-0.05, 0) is 0 Å². The van der Waals surface area contributed by atoms with E-state index in [-0.39, 0.29) is 0 Å². The fourth-order valence-corrected chi connectivity index (χ4v) is 4.59. The molecule has 0 aliphatic rings. The normalized spacial score (nSPS) is 17.8. The van der Waals surface area contributed by atoms with Crippen molar-refractivity contribution in [2.24, 2.45) is 0 Å². The summed E-state index contributed by atoms with van der Waals surface area (Å²) in [5.41, 5.74) is 0. The Bertz CT molecular complexity index is 1600. The number of halogens is 41. The van der Waals surface area contributed by atoms with Crippen LogP contribution in [0.25, 0.3) is 0 Å². The quantitative estimate of drug-likeness (QED) is 0.0729. The van der Waals surface area contributed by atoms with Gasteiger partial charge in [0.15, 0.2) is 0 Å². The summed E-state index contributed by atoms with van der Waals surface area (Å²) in [5, 5.41) is 0. The largest absolute Gasteiger partial charge is 0.460 e. The maximum atomic E-state index is 14.3. The summed E-state index contributed by atoms with van der Waals surface area (Å²) in [6.07, 6.45) is -21.9. The third kappa shape index (κ3) is 7.16. The van der Waals surface area contributed by atoms with E-state index in [1.165, 1.54) is 0 Å². The Balaban J connectivity index is 7.49. The van der Waals surface area contributed by atoms with Crippen LogP contribution in [0.4, 0.5) is 176 Å². The van der Waals surface area contributed by atoms with Crippen LogP contribution in [0.15, 0.2) is 0 Å². The van der Waals surface area contributed by atoms with Crippen LogP contribution in [0.5, 0.6) is 0 Å². The Morgan fingerprint density at radius 2 is 0.355 bits per heavy atom. The van der Waals surface area contributed by atoms with Crippen molar-refractivity contribution in [2.75, 3.05) is 0 Å². The predicted molar refractivity (Wildman–Crippen MR) is 119 cm³/mol. The monoisotopic (exact) mass is 1140 g/mol. The number of rotatable bonds is 18. The highest BCUT2D eigenvalue weighted by Gasteiger charge is 2.99. The molecule has 0 aliphatic carbocycles. The van der Waals surface area contributed by atoms with Crippen LogP contribution in [-0.4, -0.2) is 117 Å². The third-order valence-corrected chi connectivity index (χ3v) is 8.77. The molecule has 0 amide bonds. The van der Waals surface area contributed by atoms with Gasteiger partial charge >= 0.3 is 113 Å². The molecule has 41 heteroatoms. The van der Waals surface area contributed by atoms with E-state index >= 15 is 0 Å². The number of alkyl halides is 41. The van der Waals surface area contributed by atoms with Crippen molar-refractivity contribution in [3.05, 3.63) is 0 Å². The lowest BCUT2D eigenvalue weighted by atomic mass is 9.84. The number of hydrogen-bond donors (Lipinski definition) is 0. The Hall–Kier alpha value is -2.07. The summed E-state index contributed by atoms with van der Waals surface area (Å²) in [5.74, 6) is -160. The fourth-order valence-electron chi connectivity index (χ4n) is 3.64. The third-order valence-electron chi connectivity index (χ3n) is 7.55. The summed E-state index contributed by atoms with van der Waals surface area (Å²) in [6, 6.07) is 0. The van der Waals surface area contributed by atoms with Crippen molar-refractivity contribution in [3.63, 3.8) is 0 Å². The first-order chi connectivity index (χ1) is 25.9. The van der Waals surface area contributed by atoms with Crippen LogP contribution in [0, 0.1) is 0 Å². The molecule has 62 heavy (non-hydrogen) atoms. The van der Waals surface area contributed by atoms with Crippen LogP contribution in [-0.2, 0) is 0 Å². The molecule has 1 atom stereocenters. The van der Waals surface area contributed by atoms with Gasteiger partial charge in [-0.15, -0.1) is 0 Å². The van der Waals surface area contributed by atoms with E-state index in [2.05, 4.69) is 0 Å². The fraction of sp³-hybridized carbons (Fsp3) is 1.00. The van der Waals surface area contributed by atoms with Crippen LogP contribution in [0.3, 0.4) is 0 Å². The second-order valence-corrected chi connectivity index (χ2v) is 13.1. The van der Waals surface area contributed by atoms with E-state index in [0.29, 0.717) is 0 Å². The summed E-state index contributed by atoms with van der Waals surface area (Å²) < 4.78 is 532. The standard InChI is InChI=1S/C21H3F40I/c22-3(23,5(26,27)7(30,31)9(34,35)11(38,39)13(42,43)15(46,47)17(50,51)19(54,55)21(59,60)61)1-2(62)4(24,25)6(28,29)8(32,33)10(36,37)12(40,41)14(44,45)16(48,49)18(52,53)20(56,57)58/h2H,1H2. The lowest BCUT2D eigenvalue weighted by molar-refractivity contribution is -0.474. The van der Waals surface area contributed by atoms with Gasteiger partial charge in [-0.3, -0.25) is 0 Å². The smallest absolute Gasteiger partial charge is 0.200 e. The Morgan fingerprint density at radius 3 is 0.532 bits per heavy atom. The maximum Gasteiger partial charge on any atom is 0.460 e. The first-order valence-electron chi connectivity index (χ1n) is 13.1. The van der Waals surface area contributed by atoms with E-state index in [9.17, 15) is 176 Å². The molecular formula is C21H3F40I. The SMILES string of the molecule is FC(F)(F)C(F)(F)C(F)(F)C(F)(F)C(F)(F)C(F)(F)C(F)(F)C(F)(F)C(F)(F)C(I)CC(F)(F)C(F)(F)C(F)(F)C(F)(F)C(F)(F)C(F)(F)C(F)(F)C(F)(F)C(F)(F)C(F)(F)F. The van der Waals surface area contributed by atoms with Crippen molar-refractivity contribution in [2.45, 2.75) is 123 Å². The topological polar surface area (TPSA) is 0 Å². The predicted octanol–water partition coefficient (Wildman–Crippen LogP) is 14.1. The first-order valence-corrected chi connectivity index (χ1v) is 14.3. The molecule has 0 saturated carbocycles. The zero-order valence-electron chi connectivity index (χ0n) is 26.3. The van der Waals surface area contributed by atoms with Gasteiger partial charge < -0.3 is 0 Å². The highest BCUT2D eigenvalue weighted by molar-refractivity contribution is 14.1. The molecule has 0 aromatic carbocycles. The first kappa shape index (κ1) is 59.9. The molecule has 0 bridgehead atoms. The molecule has 0 saturated heterocycles. The molecule has 0 radical (unpaired) electrons. The molecule has 0 fully saturated rings. The van der Waals surface area contributed by atoms with Gasteiger partial charge in [0.25, 0.3) is 0 Å². The maximum absolute atomic E-state index is 14.3. The van der Waals surface area contributed by atoms with Crippen LogP contribution < -0.4 is 0 Å². The van der Waals surface area contributed by atoms with Gasteiger partial charge in [0.2, 0.25) is 0 Å². The Labute approximate surface area is 322 Å². The molecule has 0 N–H and O–H groups in total. The molecule has 0 spiro atoms. The van der Waals surface area contributed by atoms with Crippen LogP contribution in [0.2, 0.25) is 0 Å². The van der Waals surface area contributed by atoms with Crippen molar-refractivity contribution in [3.8, 4) is 0 Å². The van der Waals surface area contributed by atoms with Gasteiger partial charge in [-0.2, -0.15) is 176 Å². The van der Waals surface area contributed by atoms with E-state index in [0.717, 1.165) is 0 Å². The molecule has 0 aliphatic heterocycles. The van der Waals surface area contributed by atoms with E-state index in [4.69, 9.17) is 0 Å². The van der Waals surface area contributed by atoms with E-state index < -0.39 is 146 Å². The van der Waals surface area contributed by atoms with Crippen molar-refractivity contribution < 1.29 is 176 Å². The summed E-state index contributed by atoms with van der Waals surface area (Å²) in [6.45, 7) is 0. The minimum Gasteiger partial charge on any atom is -0.200 e. The minimum atomic E-state index is -9.92. The van der Waals surface area contributed by atoms with Gasteiger partial charge in [-0.1, -0.05) is 22.6 Å². The highest BCUT2D eigenvalue weighted by Crippen LogP contribution is 2.69. The molecule has 0 heterocycles. The van der Waals surface area contributed by atoms with Crippen molar-refractivity contribution in [1.82, 2.24) is 0 Å². The zero-order valence-corrected chi connectivity index (χ0v) is 28.4. The Morgan fingerprint density at radius 1 is 0.210 bits per heavy atom. The minimum absolute atomic E-state index is 1.42. The van der Waals surface area contributed by atoms with Gasteiger partial charge in [-0.25, -0.2) is 0 Å². The van der Waals surface area contributed by atoms with Gasteiger partial charge in [0.05, 0.1) is 3.92 Å². The molecule has 0 rings (SSSR count). The molecule has 0 aromatic rings. The average molecular weight is 1140 g/mol. The molecular weight excluding hydrogens is 1140 g/mol. The second kappa shape index (κ2) is 14.7. The zero-order chi connectivity index (χ0) is 51.8. The lowest BCUT2D eigenvalue weighted by Gasteiger charge is -2.45. The number of hydrogen-bond acceptors (Lipinski definition) is 0. The second-order valence-electron chi connectivity index (χ2n) is 11.6. The van der Waals surface area contributed by atoms with Crippen LogP contribution >= 0.6 is 22.6 Å². The molecule has 0 nitrogen and oxygen atoms in total. The summed E-state index contributed by atoms with van der Waals surface area (Å²) in [7, 11) is 0.